The van der Waals surface area contributed by atoms with Gasteiger partial charge in [-0.2, -0.15) is 24.0 Å². The van der Waals surface area contributed by atoms with E-state index >= 15 is 0 Å². The van der Waals surface area contributed by atoms with Crippen LogP contribution in [0.5, 0.6) is 0 Å². The fourth-order valence-electron chi connectivity index (χ4n) is 0.149. The van der Waals surface area contributed by atoms with Gasteiger partial charge in [-0.15, -0.1) is 16.1 Å². The molecule has 0 amide bonds. The minimum atomic E-state index is 0. The maximum absolute atomic E-state index is 7.79. The van der Waals surface area contributed by atoms with Gasteiger partial charge in [-0.3, -0.25) is 5.26 Å². The predicted molar refractivity (Wildman–Crippen MR) is 129 cm³/mol. The van der Waals surface area contributed by atoms with Crippen molar-refractivity contribution in [2.24, 2.45) is 0 Å². The highest BCUT2D eigenvalue weighted by Gasteiger charge is 1.64. The molecular weight excluding hydrogens is 400 g/mol. The zero-order valence-electron chi connectivity index (χ0n) is 20.2. The zero-order valence-corrected chi connectivity index (χ0v) is 20.2. The predicted octanol–water partition coefficient (Wildman–Crippen LogP) is 3.54. The second kappa shape index (κ2) is 115. The number of rotatable bonds is 0. The molecule has 8 nitrogen and oxygen atoms in total. The molecule has 0 heterocycles. The largest absolute Gasteiger partial charge is 0.285 e. The SMILES string of the molecule is C#N.C=C(C)C#N.C=C([CH2-])C#N.CC#N.CC#[NH+].CC#[NH+].[C-]#[N+]/C=C/C.[C-]#[N+]/C=C/C.[CH3+]. The maximum Gasteiger partial charge on any atom is 0.266 e. The first-order valence-corrected chi connectivity index (χ1v) is 7.77. The Morgan fingerprint density at radius 1 is 0.906 bits per heavy atom. The molecular formula is C24H34N8+2. The summed E-state index contributed by atoms with van der Waals surface area (Å²) in [5, 5.41) is 41.3. The first-order valence-electron chi connectivity index (χ1n) is 7.77. The van der Waals surface area contributed by atoms with Crippen LogP contribution in [0.4, 0.5) is 0 Å². The lowest BCUT2D eigenvalue weighted by Crippen LogP contribution is -2.15. The first-order chi connectivity index (χ1) is 14.6. The molecule has 0 saturated heterocycles. The van der Waals surface area contributed by atoms with Gasteiger partial charge in [-0.25, -0.2) is 15.0 Å². The molecule has 32 heavy (non-hydrogen) atoms. The molecule has 0 aromatic rings. The van der Waals surface area contributed by atoms with Crippen molar-refractivity contribution in [1.29, 1.82) is 21.0 Å². The number of hydrogen-bond donors (Lipinski definition) is 2. The van der Waals surface area contributed by atoms with E-state index in [9.17, 15) is 0 Å². The van der Waals surface area contributed by atoms with Gasteiger partial charge in [0.15, 0.2) is 0 Å². The van der Waals surface area contributed by atoms with Gasteiger partial charge in [0.25, 0.3) is 12.1 Å². The van der Waals surface area contributed by atoms with Crippen LogP contribution in [0.3, 0.4) is 0 Å². The molecule has 0 radical (unpaired) electrons. The lowest BCUT2D eigenvalue weighted by atomic mass is 10.4. The number of nitrogens with zero attached hydrogens (tertiary/aromatic N) is 6. The van der Waals surface area contributed by atoms with Gasteiger partial charge in [0.2, 0.25) is 0 Å². The molecule has 0 aromatic carbocycles. The van der Waals surface area contributed by atoms with Gasteiger partial charge in [0.05, 0.1) is 39.1 Å². The Labute approximate surface area is 196 Å². The van der Waals surface area contributed by atoms with Gasteiger partial charge in [-0.05, 0) is 6.92 Å². The summed E-state index contributed by atoms with van der Waals surface area (Å²) >= 11 is 0. The van der Waals surface area contributed by atoms with E-state index in [4.69, 9.17) is 44.7 Å². The van der Waals surface area contributed by atoms with Crippen LogP contribution in [0, 0.1) is 85.5 Å². The standard InChI is InChI=1S/C4H5N.C4H4N.2C4H5N.3C2H3N.CHN.CH3/c2*1-4(2)3-5;2*1-3-4-5-2;3*1-2-3;1-2;/h1H2,2H3;1-2H2;2*3-4H,1H3;3*1H3;1H;1H3/q;-1;;;;;;;+1/p+2/b;;2*4-3+;;;;;. The molecule has 0 bridgehead atoms. The van der Waals surface area contributed by atoms with Crippen molar-refractivity contribution in [1.82, 2.24) is 0 Å². The molecule has 0 aliphatic rings. The third-order valence-electron chi connectivity index (χ3n) is 0.796. The van der Waals surface area contributed by atoms with E-state index in [-0.39, 0.29) is 7.43 Å². The molecule has 0 aromatic heterocycles. The van der Waals surface area contributed by atoms with Crippen LogP contribution in [-0.2, 0) is 0 Å². The fourth-order valence-corrected chi connectivity index (χ4v) is 0.149. The van der Waals surface area contributed by atoms with E-state index in [1.54, 1.807) is 45.1 Å². The van der Waals surface area contributed by atoms with Crippen LogP contribution >= 0.6 is 0 Å². The van der Waals surface area contributed by atoms with Crippen molar-refractivity contribution in [3.8, 4) is 36.9 Å². The van der Waals surface area contributed by atoms with Crippen LogP contribution < -0.4 is 10.5 Å². The summed E-state index contributed by atoms with van der Waals surface area (Å²) in [4.78, 5) is 5.85. The van der Waals surface area contributed by atoms with Crippen LogP contribution in [0.15, 0.2) is 48.9 Å². The van der Waals surface area contributed by atoms with Crippen molar-refractivity contribution < 1.29 is 10.5 Å². The maximum atomic E-state index is 7.79. The van der Waals surface area contributed by atoms with E-state index in [2.05, 4.69) is 36.3 Å². The molecule has 0 rings (SSSR count). The summed E-state index contributed by atoms with van der Waals surface area (Å²) in [6, 6.07) is 9.31. The van der Waals surface area contributed by atoms with Crippen molar-refractivity contribution in [2.45, 2.75) is 41.5 Å². The van der Waals surface area contributed by atoms with E-state index < -0.39 is 0 Å². The number of nitriles is 4. The van der Waals surface area contributed by atoms with Crippen LogP contribution in [0.25, 0.3) is 9.69 Å². The number of hydrogen-bond acceptors (Lipinski definition) is 4. The molecule has 2 N–H and O–H groups in total. The van der Waals surface area contributed by atoms with Crippen molar-refractivity contribution in [3.63, 3.8) is 0 Å². The molecule has 168 valence electrons. The summed E-state index contributed by atoms with van der Waals surface area (Å²) in [6.45, 7) is 35.3. The molecule has 0 atom stereocenters. The first kappa shape index (κ1) is 56.3. The minimum absolute atomic E-state index is 0. The van der Waals surface area contributed by atoms with Gasteiger partial charge in [0.1, 0.15) is 12.4 Å². The highest BCUT2D eigenvalue weighted by molar-refractivity contribution is 5.17. The lowest BCUT2D eigenvalue weighted by Gasteiger charge is -1.77. The molecule has 8 heteroatoms. The zero-order chi connectivity index (χ0) is 26.9. The van der Waals surface area contributed by atoms with Gasteiger partial charge >= 0.3 is 0 Å². The lowest BCUT2D eigenvalue weighted by molar-refractivity contribution is -0.0934. The highest BCUT2D eigenvalue weighted by atomic mass is 14.6. The van der Waals surface area contributed by atoms with Gasteiger partial charge in [-0.1, -0.05) is 38.6 Å². The van der Waals surface area contributed by atoms with Crippen molar-refractivity contribution in [3.05, 3.63) is 86.0 Å². The summed E-state index contributed by atoms with van der Waals surface area (Å²) in [5.41, 5.74) is 0.870. The van der Waals surface area contributed by atoms with E-state index in [0.29, 0.717) is 11.1 Å². The van der Waals surface area contributed by atoms with E-state index in [0.717, 1.165) is 0 Å². The van der Waals surface area contributed by atoms with Crippen molar-refractivity contribution >= 4 is 0 Å². The number of nitrogens with one attached hydrogen (secondary N) is 2. The Bertz CT molecular complexity index is 677. The Morgan fingerprint density at radius 3 is 1.06 bits per heavy atom. The summed E-state index contributed by atoms with van der Waals surface area (Å²) in [7, 11) is 0. The number of allylic oxidation sites excluding steroid dienone is 4. The third kappa shape index (κ3) is 2000. The van der Waals surface area contributed by atoms with Gasteiger partial charge in [0, 0.05) is 26.5 Å². The molecule has 0 aliphatic heterocycles. The average molecular weight is 435 g/mol. The Balaban J connectivity index is -0.0000000274. The van der Waals surface area contributed by atoms with E-state index in [1.807, 2.05) is 32.1 Å². The Kier molecular flexibility index (Phi) is 202. The van der Waals surface area contributed by atoms with Gasteiger partial charge < -0.3 is 0 Å². The van der Waals surface area contributed by atoms with Crippen LogP contribution in [0.2, 0.25) is 0 Å². The average Bonchev–Trinajstić information content (AvgIpc) is 2.74. The third-order valence-corrected chi connectivity index (χ3v) is 0.796. The smallest absolute Gasteiger partial charge is 0.266 e. The second-order valence-electron chi connectivity index (χ2n) is 3.55. The molecule has 0 unspecified atom stereocenters. The molecule has 0 fully saturated rings. The molecule has 0 saturated carbocycles. The van der Waals surface area contributed by atoms with Crippen LogP contribution in [-0.4, -0.2) is 0 Å². The fraction of sp³-hybridized carbons (Fsp3) is 0.250. The molecule has 0 aliphatic carbocycles. The highest BCUT2D eigenvalue weighted by Crippen LogP contribution is 1.75. The van der Waals surface area contributed by atoms with Crippen LogP contribution in [0.1, 0.15) is 41.5 Å². The van der Waals surface area contributed by atoms with Crippen molar-refractivity contribution in [2.75, 3.05) is 0 Å². The quantitative estimate of drug-likeness (QED) is 0.442. The normalized spacial score (nSPS) is 5.03. The minimum Gasteiger partial charge on any atom is -0.285 e. The topological polar surface area (TPSA) is 151 Å². The Morgan fingerprint density at radius 2 is 1.06 bits per heavy atom. The summed E-state index contributed by atoms with van der Waals surface area (Å²) in [6.07, 6.45) is 6.24. The summed E-state index contributed by atoms with van der Waals surface area (Å²) in [5.74, 6) is 0. The monoisotopic (exact) mass is 434 g/mol. The van der Waals surface area contributed by atoms with E-state index in [1.165, 1.54) is 19.3 Å². The Hall–Kier alpha value is -5.38. The second-order valence-corrected chi connectivity index (χ2v) is 3.55. The summed E-state index contributed by atoms with van der Waals surface area (Å²) < 4.78 is 0. The molecule has 0 spiro atoms.